The largest absolute Gasteiger partial charge is 0.462 e. The molecular weight excluding hydrogens is 805 g/mol. The van der Waals surface area contributed by atoms with E-state index in [1.54, 1.807) is 0 Å². The van der Waals surface area contributed by atoms with E-state index >= 15 is 0 Å². The molecular formula is C59H94O6. The summed E-state index contributed by atoms with van der Waals surface area (Å²) in [4.78, 5) is 38.0. The second kappa shape index (κ2) is 52.4. The molecule has 0 bridgehead atoms. The van der Waals surface area contributed by atoms with E-state index in [1.807, 2.05) is 0 Å². The predicted molar refractivity (Wildman–Crippen MR) is 279 cm³/mol. The van der Waals surface area contributed by atoms with Gasteiger partial charge in [-0.25, -0.2) is 0 Å². The molecule has 0 aromatic rings. The van der Waals surface area contributed by atoms with Gasteiger partial charge in [-0.1, -0.05) is 194 Å². The van der Waals surface area contributed by atoms with Gasteiger partial charge < -0.3 is 14.2 Å². The van der Waals surface area contributed by atoms with Crippen molar-refractivity contribution in [2.24, 2.45) is 0 Å². The van der Waals surface area contributed by atoms with E-state index in [-0.39, 0.29) is 31.1 Å². The smallest absolute Gasteiger partial charge is 0.306 e. The van der Waals surface area contributed by atoms with Gasteiger partial charge in [-0.2, -0.15) is 0 Å². The Morgan fingerprint density at radius 1 is 0.323 bits per heavy atom. The fourth-order valence-electron chi connectivity index (χ4n) is 6.56. The number of ether oxygens (including phenoxy) is 3. The third kappa shape index (κ3) is 50.7. The van der Waals surface area contributed by atoms with Crippen LogP contribution in [0.15, 0.2) is 122 Å². The Bertz CT molecular complexity index is 1400. The molecule has 366 valence electrons. The van der Waals surface area contributed by atoms with Crippen LogP contribution in [0.5, 0.6) is 0 Å². The lowest BCUT2D eigenvalue weighted by atomic mass is 10.1. The zero-order valence-electron chi connectivity index (χ0n) is 41.7. The number of allylic oxidation sites excluding steroid dienone is 20. The molecule has 0 rings (SSSR count). The summed E-state index contributed by atoms with van der Waals surface area (Å²) < 4.78 is 16.7. The molecule has 0 amide bonds. The van der Waals surface area contributed by atoms with E-state index in [0.29, 0.717) is 19.3 Å². The molecule has 0 aliphatic carbocycles. The summed E-state index contributed by atoms with van der Waals surface area (Å²) >= 11 is 0. The van der Waals surface area contributed by atoms with Gasteiger partial charge in [0, 0.05) is 19.3 Å². The van der Waals surface area contributed by atoms with E-state index in [1.165, 1.54) is 25.7 Å². The van der Waals surface area contributed by atoms with Crippen molar-refractivity contribution in [3.8, 4) is 0 Å². The highest BCUT2D eigenvalue weighted by atomic mass is 16.6. The van der Waals surface area contributed by atoms with Crippen molar-refractivity contribution < 1.29 is 28.6 Å². The number of hydrogen-bond donors (Lipinski definition) is 0. The molecule has 0 aliphatic heterocycles. The van der Waals surface area contributed by atoms with Crippen LogP contribution in [0, 0.1) is 0 Å². The van der Waals surface area contributed by atoms with Gasteiger partial charge in [0.2, 0.25) is 0 Å². The van der Waals surface area contributed by atoms with Crippen molar-refractivity contribution in [1.29, 1.82) is 0 Å². The zero-order valence-corrected chi connectivity index (χ0v) is 41.7. The molecule has 0 heterocycles. The number of unbranched alkanes of at least 4 members (excludes halogenated alkanes) is 14. The summed E-state index contributed by atoms with van der Waals surface area (Å²) in [5.41, 5.74) is 0. The molecule has 0 unspecified atom stereocenters. The molecule has 65 heavy (non-hydrogen) atoms. The van der Waals surface area contributed by atoms with Crippen molar-refractivity contribution in [3.05, 3.63) is 122 Å². The van der Waals surface area contributed by atoms with Gasteiger partial charge in [0.05, 0.1) is 0 Å². The molecule has 0 saturated carbocycles. The summed E-state index contributed by atoms with van der Waals surface area (Å²) in [5, 5.41) is 0. The van der Waals surface area contributed by atoms with Crippen LogP contribution in [0.25, 0.3) is 0 Å². The average molecular weight is 899 g/mol. The first kappa shape index (κ1) is 60.8. The van der Waals surface area contributed by atoms with Crippen molar-refractivity contribution in [2.75, 3.05) is 13.2 Å². The monoisotopic (exact) mass is 899 g/mol. The van der Waals surface area contributed by atoms with Gasteiger partial charge in [-0.15, -0.1) is 0 Å². The molecule has 6 heteroatoms. The maximum Gasteiger partial charge on any atom is 0.306 e. The first-order chi connectivity index (χ1) is 32.0. The molecule has 0 spiro atoms. The molecule has 0 fully saturated rings. The summed E-state index contributed by atoms with van der Waals surface area (Å²) in [7, 11) is 0. The Hall–Kier alpha value is -4.19. The first-order valence-electron chi connectivity index (χ1n) is 26.0. The van der Waals surface area contributed by atoms with Crippen molar-refractivity contribution in [2.45, 2.75) is 219 Å². The van der Waals surface area contributed by atoms with E-state index in [4.69, 9.17) is 14.2 Å². The minimum absolute atomic E-state index is 0.108. The predicted octanol–water partition coefficient (Wildman–Crippen LogP) is 17.3. The standard InChI is InChI=1S/C59H94O6/c1-4-7-10-13-16-19-22-24-26-28-29-31-33-35-38-40-43-46-49-52-58(61)64-55-56(65-59(62)53-50-47-44-41-36-21-18-15-12-9-6-3)54-63-57(60)51-48-45-42-39-37-34-32-30-27-25-23-20-17-14-11-8-5-2/h7-8,10-11,15-20,24-27,29,31-32,34-35,38,56H,4-6,9,12-14,21-23,28,30,33,36-37,39-55H2,1-3H3/b10-7-,11-8-,18-15-,19-16-,20-17-,26-24-,27-25-,31-29-,34-32-,38-35-/t56-/m0/s1. The van der Waals surface area contributed by atoms with Crippen LogP contribution in [-0.4, -0.2) is 37.2 Å². The summed E-state index contributed by atoms with van der Waals surface area (Å²) in [6.45, 7) is 6.30. The minimum atomic E-state index is -0.809. The van der Waals surface area contributed by atoms with E-state index in [2.05, 4.69) is 142 Å². The van der Waals surface area contributed by atoms with Crippen LogP contribution in [0.2, 0.25) is 0 Å². The molecule has 0 saturated heterocycles. The van der Waals surface area contributed by atoms with Gasteiger partial charge in [0.1, 0.15) is 13.2 Å². The Kier molecular flexibility index (Phi) is 49.1. The number of carbonyl (C=O) groups excluding carboxylic acids is 3. The maximum atomic E-state index is 12.8. The van der Waals surface area contributed by atoms with Crippen LogP contribution < -0.4 is 0 Å². The van der Waals surface area contributed by atoms with Gasteiger partial charge >= 0.3 is 17.9 Å². The molecule has 0 radical (unpaired) electrons. The molecule has 1 atom stereocenters. The lowest BCUT2D eigenvalue weighted by molar-refractivity contribution is -0.167. The Morgan fingerprint density at radius 3 is 0.969 bits per heavy atom. The fourth-order valence-corrected chi connectivity index (χ4v) is 6.56. The zero-order chi connectivity index (χ0) is 47.2. The van der Waals surface area contributed by atoms with Crippen LogP contribution in [-0.2, 0) is 28.6 Å². The summed E-state index contributed by atoms with van der Waals surface area (Å²) in [5.74, 6) is -0.981. The van der Waals surface area contributed by atoms with Crippen molar-refractivity contribution in [1.82, 2.24) is 0 Å². The summed E-state index contributed by atoms with van der Waals surface area (Å²) in [6.07, 6.45) is 71.8. The van der Waals surface area contributed by atoms with Gasteiger partial charge in [0.15, 0.2) is 6.10 Å². The van der Waals surface area contributed by atoms with E-state index in [9.17, 15) is 14.4 Å². The van der Waals surface area contributed by atoms with Crippen molar-refractivity contribution >= 4 is 17.9 Å². The lowest BCUT2D eigenvalue weighted by Crippen LogP contribution is -2.30. The third-order valence-corrected chi connectivity index (χ3v) is 10.4. The molecule has 0 N–H and O–H groups in total. The highest BCUT2D eigenvalue weighted by Gasteiger charge is 2.19. The number of carbonyl (C=O) groups is 3. The van der Waals surface area contributed by atoms with Crippen molar-refractivity contribution in [3.63, 3.8) is 0 Å². The quantitative estimate of drug-likeness (QED) is 0.0262. The maximum absolute atomic E-state index is 12.8. The topological polar surface area (TPSA) is 78.9 Å². The van der Waals surface area contributed by atoms with Crippen LogP contribution in [0.3, 0.4) is 0 Å². The SMILES string of the molecule is CC/C=C\C/C=C\C/C=C\C/C=C\C/C=C\CCCCCC(=O)OC[C@H](COC(=O)CCCCCC/C=C\C/C=C\C/C=C\C/C=C\CC)OC(=O)CCCCCCC/C=C\CCCC. The van der Waals surface area contributed by atoms with E-state index < -0.39 is 6.10 Å². The highest BCUT2D eigenvalue weighted by molar-refractivity contribution is 5.71. The second-order valence-corrected chi connectivity index (χ2v) is 16.7. The van der Waals surface area contributed by atoms with Gasteiger partial charge in [-0.3, -0.25) is 14.4 Å². The lowest BCUT2D eigenvalue weighted by Gasteiger charge is -2.18. The Balaban J connectivity index is 4.48. The highest BCUT2D eigenvalue weighted by Crippen LogP contribution is 2.12. The number of rotatable bonds is 45. The van der Waals surface area contributed by atoms with Crippen LogP contribution in [0.1, 0.15) is 213 Å². The average Bonchev–Trinajstić information content (AvgIpc) is 3.30. The molecule has 0 aromatic carbocycles. The Morgan fingerprint density at radius 2 is 0.600 bits per heavy atom. The number of esters is 3. The normalized spacial score (nSPS) is 13.1. The molecule has 0 aliphatic rings. The second-order valence-electron chi connectivity index (χ2n) is 16.7. The van der Waals surface area contributed by atoms with Gasteiger partial charge in [-0.05, 0) is 122 Å². The Labute approximate surface area is 399 Å². The van der Waals surface area contributed by atoms with Crippen LogP contribution in [0.4, 0.5) is 0 Å². The first-order valence-corrected chi connectivity index (χ1v) is 26.0. The fraction of sp³-hybridized carbons (Fsp3) is 0.610. The third-order valence-electron chi connectivity index (χ3n) is 10.4. The van der Waals surface area contributed by atoms with E-state index in [0.717, 1.165) is 148 Å². The minimum Gasteiger partial charge on any atom is -0.462 e. The molecule has 0 aromatic heterocycles. The molecule has 6 nitrogen and oxygen atoms in total. The van der Waals surface area contributed by atoms with Gasteiger partial charge in [0.25, 0.3) is 0 Å². The summed E-state index contributed by atoms with van der Waals surface area (Å²) in [6, 6.07) is 0. The number of hydrogen-bond acceptors (Lipinski definition) is 6. The van der Waals surface area contributed by atoms with Crippen LogP contribution >= 0.6 is 0 Å².